The molecule has 0 atom stereocenters. The van der Waals surface area contributed by atoms with Crippen LogP contribution in [-0.2, 0) is 4.79 Å². The molecule has 2 aliphatic heterocycles. The molecular weight excluding hydrogens is 444 g/mol. The van der Waals surface area contributed by atoms with Crippen molar-refractivity contribution in [3.63, 3.8) is 0 Å². The average Bonchev–Trinajstić information content (AvgIpc) is 2.94. The Labute approximate surface area is 205 Å². The van der Waals surface area contributed by atoms with Gasteiger partial charge in [0.2, 0.25) is 5.91 Å². The van der Waals surface area contributed by atoms with E-state index in [0.29, 0.717) is 23.2 Å². The van der Waals surface area contributed by atoms with E-state index in [0.717, 1.165) is 57.9 Å². The lowest BCUT2D eigenvalue weighted by atomic mass is 9.95. The van der Waals surface area contributed by atoms with E-state index < -0.39 is 0 Å². The smallest absolute Gasteiger partial charge is 0.263 e. The maximum absolute atomic E-state index is 13.2. The minimum Gasteiger partial charge on any atom is -0.497 e. The van der Waals surface area contributed by atoms with E-state index in [1.807, 2.05) is 53.6 Å². The monoisotopic (exact) mass is 474 g/mol. The first-order chi connectivity index (χ1) is 17.2. The second-order valence-electron chi connectivity index (χ2n) is 8.73. The van der Waals surface area contributed by atoms with Crippen LogP contribution in [0.5, 0.6) is 17.4 Å². The quantitative estimate of drug-likeness (QED) is 0.539. The number of piperazine rings is 1. The molecule has 0 aliphatic carbocycles. The number of hydrogen-bond donors (Lipinski definition) is 0. The standard InChI is InChI=1S/C26H30N6O3/c1-34-21-5-4-6-22(19-21)35-25-24(28-11-12-29-25)31-13-8-20(9-14-31)26(33)32-17-15-30(16-18-32)23-7-2-3-10-27-23/h2-7,10-12,19-20H,8-9,13-18H2,1H3. The number of ether oxygens (including phenoxy) is 2. The SMILES string of the molecule is COc1cccc(Oc2nccnc2N2CCC(C(=O)N3CCN(c4ccccn4)CC3)CC2)c1. The molecule has 9 heteroatoms. The normalized spacial score (nSPS) is 16.8. The fourth-order valence-electron chi connectivity index (χ4n) is 4.68. The van der Waals surface area contributed by atoms with E-state index in [9.17, 15) is 4.79 Å². The van der Waals surface area contributed by atoms with Crippen molar-refractivity contribution in [2.24, 2.45) is 5.92 Å². The highest BCUT2D eigenvalue weighted by atomic mass is 16.5. The topological polar surface area (TPSA) is 83.9 Å². The van der Waals surface area contributed by atoms with Crippen LogP contribution >= 0.6 is 0 Å². The molecule has 5 rings (SSSR count). The summed E-state index contributed by atoms with van der Waals surface area (Å²) in [5, 5.41) is 0. The Morgan fingerprint density at radius 2 is 1.60 bits per heavy atom. The van der Waals surface area contributed by atoms with Gasteiger partial charge in [-0.25, -0.2) is 15.0 Å². The molecule has 0 radical (unpaired) electrons. The minimum atomic E-state index is 0.0343. The molecule has 2 aromatic heterocycles. The van der Waals surface area contributed by atoms with Crippen molar-refractivity contribution in [2.75, 3.05) is 56.2 Å². The molecule has 0 saturated carbocycles. The van der Waals surface area contributed by atoms with Crippen LogP contribution in [-0.4, -0.2) is 72.1 Å². The fourth-order valence-corrected chi connectivity index (χ4v) is 4.68. The van der Waals surface area contributed by atoms with Crippen molar-refractivity contribution in [3.05, 3.63) is 61.1 Å². The van der Waals surface area contributed by atoms with Crippen molar-refractivity contribution in [1.82, 2.24) is 19.9 Å². The molecule has 0 N–H and O–H groups in total. The molecule has 2 saturated heterocycles. The number of nitrogens with zero attached hydrogens (tertiary/aromatic N) is 6. The number of methoxy groups -OCH3 is 1. The highest BCUT2D eigenvalue weighted by Gasteiger charge is 2.32. The Morgan fingerprint density at radius 1 is 0.829 bits per heavy atom. The summed E-state index contributed by atoms with van der Waals surface area (Å²) in [7, 11) is 1.62. The predicted octanol–water partition coefficient (Wildman–Crippen LogP) is 3.24. The van der Waals surface area contributed by atoms with E-state index in [1.165, 1.54) is 0 Å². The predicted molar refractivity (Wildman–Crippen MR) is 133 cm³/mol. The van der Waals surface area contributed by atoms with Gasteiger partial charge in [0.05, 0.1) is 7.11 Å². The van der Waals surface area contributed by atoms with Crippen LogP contribution in [0.2, 0.25) is 0 Å². The van der Waals surface area contributed by atoms with Gasteiger partial charge in [-0.2, -0.15) is 0 Å². The lowest BCUT2D eigenvalue weighted by Gasteiger charge is -2.39. The Balaban J connectivity index is 1.17. The van der Waals surface area contributed by atoms with Crippen molar-refractivity contribution in [3.8, 4) is 17.4 Å². The summed E-state index contributed by atoms with van der Waals surface area (Å²) < 4.78 is 11.3. The van der Waals surface area contributed by atoms with Crippen LogP contribution in [0, 0.1) is 5.92 Å². The van der Waals surface area contributed by atoms with Gasteiger partial charge in [-0.3, -0.25) is 4.79 Å². The largest absolute Gasteiger partial charge is 0.497 e. The summed E-state index contributed by atoms with van der Waals surface area (Å²) in [6.07, 6.45) is 6.68. The highest BCUT2D eigenvalue weighted by Crippen LogP contribution is 2.32. The minimum absolute atomic E-state index is 0.0343. The van der Waals surface area contributed by atoms with Crippen LogP contribution in [0.15, 0.2) is 61.1 Å². The number of piperidine rings is 1. The summed E-state index contributed by atoms with van der Waals surface area (Å²) in [5.74, 6) is 3.78. The molecular formula is C26H30N6O3. The summed E-state index contributed by atoms with van der Waals surface area (Å²) in [4.78, 5) is 33.0. The van der Waals surface area contributed by atoms with Crippen molar-refractivity contribution < 1.29 is 14.3 Å². The van der Waals surface area contributed by atoms with Crippen molar-refractivity contribution in [2.45, 2.75) is 12.8 Å². The number of rotatable bonds is 6. The second kappa shape index (κ2) is 10.6. The van der Waals surface area contributed by atoms with Gasteiger partial charge in [0.15, 0.2) is 5.82 Å². The zero-order chi connectivity index (χ0) is 24.0. The first kappa shape index (κ1) is 22.9. The van der Waals surface area contributed by atoms with Crippen LogP contribution in [0.3, 0.4) is 0 Å². The number of anilines is 2. The molecule has 4 heterocycles. The van der Waals surface area contributed by atoms with Crippen LogP contribution in [0.25, 0.3) is 0 Å². The number of aromatic nitrogens is 3. The third-order valence-corrected chi connectivity index (χ3v) is 6.61. The molecule has 9 nitrogen and oxygen atoms in total. The van der Waals surface area contributed by atoms with E-state index >= 15 is 0 Å². The van der Waals surface area contributed by atoms with Crippen molar-refractivity contribution in [1.29, 1.82) is 0 Å². The Bertz CT molecular complexity index is 1130. The van der Waals surface area contributed by atoms with Crippen LogP contribution in [0.4, 0.5) is 11.6 Å². The van der Waals surface area contributed by atoms with Gasteiger partial charge in [-0.15, -0.1) is 0 Å². The number of carbonyl (C=O) groups excluding carboxylic acids is 1. The molecule has 0 unspecified atom stereocenters. The van der Waals surface area contributed by atoms with E-state index in [-0.39, 0.29) is 11.8 Å². The second-order valence-corrected chi connectivity index (χ2v) is 8.73. The van der Waals surface area contributed by atoms with E-state index in [2.05, 4.69) is 24.8 Å². The van der Waals surface area contributed by atoms with Gasteiger partial charge in [-0.1, -0.05) is 12.1 Å². The van der Waals surface area contributed by atoms with Gasteiger partial charge in [0.25, 0.3) is 5.88 Å². The Hall–Kier alpha value is -3.88. The first-order valence-corrected chi connectivity index (χ1v) is 12.0. The molecule has 2 fully saturated rings. The molecule has 35 heavy (non-hydrogen) atoms. The molecule has 3 aromatic rings. The number of hydrogen-bond acceptors (Lipinski definition) is 8. The van der Waals surface area contributed by atoms with Crippen LogP contribution < -0.4 is 19.3 Å². The number of carbonyl (C=O) groups is 1. The van der Waals surface area contributed by atoms with Crippen molar-refractivity contribution >= 4 is 17.5 Å². The average molecular weight is 475 g/mol. The molecule has 1 aromatic carbocycles. The summed E-state index contributed by atoms with van der Waals surface area (Å²) >= 11 is 0. The third kappa shape index (κ3) is 5.29. The zero-order valence-corrected chi connectivity index (χ0v) is 19.9. The molecule has 2 aliphatic rings. The Morgan fingerprint density at radius 3 is 2.34 bits per heavy atom. The zero-order valence-electron chi connectivity index (χ0n) is 19.9. The highest BCUT2D eigenvalue weighted by molar-refractivity contribution is 5.79. The fraction of sp³-hybridized carbons (Fsp3) is 0.385. The summed E-state index contributed by atoms with van der Waals surface area (Å²) in [6.45, 7) is 4.56. The number of amides is 1. The number of benzene rings is 1. The maximum Gasteiger partial charge on any atom is 0.263 e. The van der Waals surface area contributed by atoms with Crippen LogP contribution in [0.1, 0.15) is 12.8 Å². The molecule has 182 valence electrons. The lowest BCUT2D eigenvalue weighted by Crippen LogP contribution is -2.52. The Kier molecular flexibility index (Phi) is 6.92. The van der Waals surface area contributed by atoms with Gasteiger partial charge in [0.1, 0.15) is 17.3 Å². The van der Waals surface area contributed by atoms with Gasteiger partial charge in [0, 0.05) is 69.8 Å². The van der Waals surface area contributed by atoms with E-state index in [1.54, 1.807) is 19.5 Å². The van der Waals surface area contributed by atoms with E-state index in [4.69, 9.17) is 9.47 Å². The lowest BCUT2D eigenvalue weighted by molar-refractivity contribution is -0.136. The molecule has 0 spiro atoms. The maximum atomic E-state index is 13.2. The number of pyridine rings is 1. The van der Waals surface area contributed by atoms with Gasteiger partial charge in [-0.05, 0) is 37.1 Å². The first-order valence-electron chi connectivity index (χ1n) is 12.0. The molecule has 1 amide bonds. The van der Waals surface area contributed by atoms with Gasteiger partial charge < -0.3 is 24.2 Å². The summed E-state index contributed by atoms with van der Waals surface area (Å²) in [5.41, 5.74) is 0. The molecule has 0 bridgehead atoms. The summed E-state index contributed by atoms with van der Waals surface area (Å²) in [6, 6.07) is 13.4. The third-order valence-electron chi connectivity index (χ3n) is 6.61. The van der Waals surface area contributed by atoms with Gasteiger partial charge >= 0.3 is 0 Å².